The second-order valence-electron chi connectivity index (χ2n) is 5.12. The molecule has 1 aromatic carbocycles. The number of para-hydroxylation sites is 1. The minimum atomic E-state index is 0.295. The molecule has 1 atom stereocenters. The maximum atomic E-state index is 12.4. The van der Waals surface area contributed by atoms with Crippen LogP contribution in [0, 0.1) is 0 Å². The first-order valence-corrected chi connectivity index (χ1v) is 7.17. The van der Waals surface area contributed by atoms with Gasteiger partial charge in [0, 0.05) is 18.2 Å². The van der Waals surface area contributed by atoms with Crippen LogP contribution in [0.15, 0.2) is 24.3 Å². The number of hydrogen-bond acceptors (Lipinski definition) is 1. The number of anilines is 1. The Morgan fingerprint density at radius 3 is 2.78 bits per heavy atom. The zero-order chi connectivity index (χ0) is 13.0. The quantitative estimate of drug-likeness (QED) is 0.787. The number of hydrogen-bond donors (Lipinski definition) is 0. The second-order valence-corrected chi connectivity index (χ2v) is 5.12. The predicted octanol–water partition coefficient (Wildman–Crippen LogP) is 3.93. The van der Waals surface area contributed by atoms with Gasteiger partial charge in [-0.05, 0) is 37.3 Å². The Morgan fingerprint density at radius 1 is 1.28 bits per heavy atom. The molecule has 98 valence electrons. The molecule has 1 aliphatic heterocycles. The zero-order valence-electron chi connectivity index (χ0n) is 11.5. The zero-order valence-corrected chi connectivity index (χ0v) is 11.5. The molecule has 0 aliphatic carbocycles. The molecule has 2 heteroatoms. The van der Waals surface area contributed by atoms with Crippen molar-refractivity contribution in [3.63, 3.8) is 0 Å². The molecular weight excluding hydrogens is 222 g/mol. The van der Waals surface area contributed by atoms with E-state index in [1.807, 2.05) is 6.07 Å². The van der Waals surface area contributed by atoms with E-state index in [9.17, 15) is 4.79 Å². The lowest BCUT2D eigenvalue weighted by atomic mass is 9.92. The summed E-state index contributed by atoms with van der Waals surface area (Å²) in [6.07, 6.45) is 6.06. The molecule has 0 bridgehead atoms. The first kappa shape index (κ1) is 13.1. The SMILES string of the molecule is CCCC(=O)N1c2ccccc2CCC1CCC. The van der Waals surface area contributed by atoms with Crippen LogP contribution in [-0.2, 0) is 11.2 Å². The number of fused-ring (bicyclic) bond motifs is 1. The Labute approximate surface area is 110 Å². The van der Waals surface area contributed by atoms with Crippen LogP contribution in [0.1, 0.15) is 51.5 Å². The highest BCUT2D eigenvalue weighted by atomic mass is 16.2. The molecule has 0 aromatic heterocycles. The van der Waals surface area contributed by atoms with Crippen LogP contribution in [-0.4, -0.2) is 11.9 Å². The van der Waals surface area contributed by atoms with E-state index in [4.69, 9.17) is 0 Å². The number of carbonyl (C=O) groups excluding carboxylic acids is 1. The Hall–Kier alpha value is -1.31. The molecule has 1 aliphatic rings. The number of amides is 1. The lowest BCUT2D eigenvalue weighted by molar-refractivity contribution is -0.119. The van der Waals surface area contributed by atoms with Gasteiger partial charge in [0.05, 0.1) is 0 Å². The van der Waals surface area contributed by atoms with E-state index >= 15 is 0 Å². The highest BCUT2D eigenvalue weighted by molar-refractivity contribution is 5.95. The summed E-state index contributed by atoms with van der Waals surface area (Å²) >= 11 is 0. The van der Waals surface area contributed by atoms with Gasteiger partial charge in [-0.3, -0.25) is 4.79 Å². The summed E-state index contributed by atoms with van der Waals surface area (Å²) in [7, 11) is 0. The monoisotopic (exact) mass is 245 g/mol. The second kappa shape index (κ2) is 6.03. The van der Waals surface area contributed by atoms with E-state index in [0.29, 0.717) is 18.4 Å². The van der Waals surface area contributed by atoms with Gasteiger partial charge in [0.2, 0.25) is 5.91 Å². The summed E-state index contributed by atoms with van der Waals surface area (Å²) in [6.45, 7) is 4.27. The minimum Gasteiger partial charge on any atom is -0.309 e. The van der Waals surface area contributed by atoms with Crippen LogP contribution in [0.4, 0.5) is 5.69 Å². The average Bonchev–Trinajstić information content (AvgIpc) is 2.39. The first-order chi connectivity index (χ1) is 8.77. The Bertz CT molecular complexity index is 413. The summed E-state index contributed by atoms with van der Waals surface area (Å²) < 4.78 is 0. The van der Waals surface area contributed by atoms with Gasteiger partial charge in [-0.1, -0.05) is 38.5 Å². The molecule has 18 heavy (non-hydrogen) atoms. The van der Waals surface area contributed by atoms with Crippen molar-refractivity contribution in [2.75, 3.05) is 4.90 Å². The fourth-order valence-corrected chi connectivity index (χ4v) is 2.88. The van der Waals surface area contributed by atoms with E-state index in [1.165, 1.54) is 5.56 Å². The third-order valence-electron chi connectivity index (χ3n) is 3.72. The van der Waals surface area contributed by atoms with Crippen molar-refractivity contribution in [1.82, 2.24) is 0 Å². The molecule has 0 N–H and O–H groups in total. The maximum absolute atomic E-state index is 12.4. The van der Waals surface area contributed by atoms with E-state index in [2.05, 4.69) is 36.9 Å². The first-order valence-electron chi connectivity index (χ1n) is 7.17. The summed E-state index contributed by atoms with van der Waals surface area (Å²) in [5.74, 6) is 0.295. The van der Waals surface area contributed by atoms with Gasteiger partial charge in [-0.25, -0.2) is 0 Å². The molecule has 1 amide bonds. The summed E-state index contributed by atoms with van der Waals surface area (Å²) in [4.78, 5) is 14.4. The van der Waals surface area contributed by atoms with E-state index in [-0.39, 0.29) is 0 Å². The van der Waals surface area contributed by atoms with E-state index < -0.39 is 0 Å². The van der Waals surface area contributed by atoms with Crippen molar-refractivity contribution in [3.8, 4) is 0 Å². The van der Waals surface area contributed by atoms with Gasteiger partial charge in [0.1, 0.15) is 0 Å². The smallest absolute Gasteiger partial charge is 0.227 e. The molecule has 1 unspecified atom stereocenters. The van der Waals surface area contributed by atoms with Crippen molar-refractivity contribution in [2.45, 2.75) is 58.4 Å². The van der Waals surface area contributed by atoms with Gasteiger partial charge >= 0.3 is 0 Å². The van der Waals surface area contributed by atoms with Gasteiger partial charge in [0.15, 0.2) is 0 Å². The van der Waals surface area contributed by atoms with Crippen molar-refractivity contribution in [3.05, 3.63) is 29.8 Å². The van der Waals surface area contributed by atoms with E-state index in [1.54, 1.807) is 0 Å². The number of benzene rings is 1. The molecule has 1 heterocycles. The minimum absolute atomic E-state index is 0.295. The van der Waals surface area contributed by atoms with Crippen LogP contribution >= 0.6 is 0 Å². The van der Waals surface area contributed by atoms with E-state index in [0.717, 1.165) is 37.8 Å². The van der Waals surface area contributed by atoms with Gasteiger partial charge in [-0.2, -0.15) is 0 Å². The van der Waals surface area contributed by atoms with Crippen molar-refractivity contribution >= 4 is 11.6 Å². The summed E-state index contributed by atoms with van der Waals surface area (Å²) in [5, 5.41) is 0. The highest BCUT2D eigenvalue weighted by Gasteiger charge is 2.29. The third kappa shape index (κ3) is 2.58. The number of aryl methyl sites for hydroxylation is 1. The third-order valence-corrected chi connectivity index (χ3v) is 3.72. The largest absolute Gasteiger partial charge is 0.309 e. The van der Waals surface area contributed by atoms with Crippen molar-refractivity contribution in [2.24, 2.45) is 0 Å². The molecule has 0 spiro atoms. The summed E-state index contributed by atoms with van der Waals surface area (Å²) in [6, 6.07) is 8.78. The Morgan fingerprint density at radius 2 is 2.06 bits per heavy atom. The predicted molar refractivity (Wildman–Crippen MR) is 75.9 cm³/mol. The number of rotatable bonds is 4. The number of carbonyl (C=O) groups is 1. The van der Waals surface area contributed by atoms with Gasteiger partial charge in [-0.15, -0.1) is 0 Å². The lowest BCUT2D eigenvalue weighted by Crippen LogP contribution is -2.43. The van der Waals surface area contributed by atoms with Crippen LogP contribution < -0.4 is 4.90 Å². The fraction of sp³-hybridized carbons (Fsp3) is 0.562. The molecule has 2 nitrogen and oxygen atoms in total. The molecule has 0 saturated heterocycles. The van der Waals surface area contributed by atoms with Crippen molar-refractivity contribution in [1.29, 1.82) is 0 Å². The standard InChI is InChI=1S/C16H23NO/c1-3-7-14-12-11-13-9-5-6-10-15(13)17(14)16(18)8-4-2/h5-6,9-10,14H,3-4,7-8,11-12H2,1-2H3. The normalized spacial score (nSPS) is 18.6. The van der Waals surface area contributed by atoms with Crippen LogP contribution in [0.3, 0.4) is 0 Å². The maximum Gasteiger partial charge on any atom is 0.227 e. The Kier molecular flexibility index (Phi) is 4.40. The molecule has 0 radical (unpaired) electrons. The molecule has 2 rings (SSSR count). The van der Waals surface area contributed by atoms with Gasteiger partial charge < -0.3 is 4.90 Å². The highest BCUT2D eigenvalue weighted by Crippen LogP contribution is 2.32. The molecule has 0 saturated carbocycles. The fourth-order valence-electron chi connectivity index (χ4n) is 2.88. The van der Waals surface area contributed by atoms with Crippen LogP contribution in [0.25, 0.3) is 0 Å². The van der Waals surface area contributed by atoms with Crippen molar-refractivity contribution < 1.29 is 4.79 Å². The molecule has 1 aromatic rings. The Balaban J connectivity index is 2.31. The molecular formula is C16H23NO. The van der Waals surface area contributed by atoms with Crippen LogP contribution in [0.2, 0.25) is 0 Å². The summed E-state index contributed by atoms with van der Waals surface area (Å²) in [5.41, 5.74) is 2.48. The van der Waals surface area contributed by atoms with Gasteiger partial charge in [0.25, 0.3) is 0 Å². The average molecular weight is 245 g/mol. The topological polar surface area (TPSA) is 20.3 Å². The lowest BCUT2D eigenvalue weighted by Gasteiger charge is -2.37. The molecule has 0 fully saturated rings. The van der Waals surface area contributed by atoms with Crippen LogP contribution in [0.5, 0.6) is 0 Å². The number of nitrogens with zero attached hydrogens (tertiary/aromatic N) is 1.